The Morgan fingerprint density at radius 1 is 0.824 bits per heavy atom. The Morgan fingerprint density at radius 2 is 1.32 bits per heavy atom. The van der Waals surface area contributed by atoms with Crippen LogP contribution < -0.4 is 0 Å². The fraction of sp³-hybridized carbons (Fsp3) is 0.296. The van der Waals surface area contributed by atoms with Gasteiger partial charge in [-0.1, -0.05) is 78.4 Å². The van der Waals surface area contributed by atoms with Crippen LogP contribution >= 0.6 is 0 Å². The second kappa shape index (κ2) is 10.5. The lowest BCUT2D eigenvalue weighted by atomic mass is 9.96. The number of amides is 1. The molecule has 4 rings (SSSR count). The molecule has 6 nitrogen and oxygen atoms in total. The van der Waals surface area contributed by atoms with E-state index in [1.807, 2.05) is 19.1 Å². The van der Waals surface area contributed by atoms with Gasteiger partial charge in [0.25, 0.3) is 0 Å². The van der Waals surface area contributed by atoms with Gasteiger partial charge in [0.2, 0.25) is 15.9 Å². The molecule has 0 aromatic heterocycles. The minimum atomic E-state index is -3.71. The van der Waals surface area contributed by atoms with Crippen molar-refractivity contribution in [3.05, 3.63) is 102 Å². The Labute approximate surface area is 202 Å². The van der Waals surface area contributed by atoms with E-state index in [1.165, 1.54) is 18.2 Å². The van der Waals surface area contributed by atoms with Gasteiger partial charge in [0.1, 0.15) is 0 Å². The summed E-state index contributed by atoms with van der Waals surface area (Å²) < 4.78 is 26.9. The lowest BCUT2D eigenvalue weighted by molar-refractivity contribution is -0.133. The van der Waals surface area contributed by atoms with Crippen molar-refractivity contribution < 1.29 is 13.2 Å². The number of carbonyl (C=O) groups excluding carboxylic acids is 1. The highest BCUT2D eigenvalue weighted by atomic mass is 32.2. The molecule has 0 N–H and O–H groups in total. The molecule has 0 atom stereocenters. The number of carbonyl (C=O) groups is 1. The number of benzene rings is 3. The molecule has 1 aliphatic rings. The van der Waals surface area contributed by atoms with Gasteiger partial charge in [-0.15, -0.1) is 0 Å². The first-order chi connectivity index (χ1) is 16.4. The van der Waals surface area contributed by atoms with Crippen molar-refractivity contribution in [3.63, 3.8) is 0 Å². The molecule has 1 heterocycles. The normalized spacial score (nSPS) is 15.1. The van der Waals surface area contributed by atoms with Crippen LogP contribution in [0.25, 0.3) is 0 Å². The second-order valence-electron chi connectivity index (χ2n) is 8.71. The van der Waals surface area contributed by atoms with E-state index in [0.717, 1.165) is 9.87 Å². The Morgan fingerprint density at radius 3 is 1.82 bits per heavy atom. The minimum Gasteiger partial charge on any atom is -0.339 e. The van der Waals surface area contributed by atoms with E-state index in [-0.39, 0.29) is 23.4 Å². The van der Waals surface area contributed by atoms with E-state index < -0.39 is 10.0 Å². The van der Waals surface area contributed by atoms with Gasteiger partial charge < -0.3 is 4.90 Å². The largest absolute Gasteiger partial charge is 0.339 e. The molecule has 1 saturated heterocycles. The lowest BCUT2D eigenvalue weighted by Crippen LogP contribution is -2.52. The predicted molar refractivity (Wildman–Crippen MR) is 134 cm³/mol. The molecule has 0 bridgehead atoms. The van der Waals surface area contributed by atoms with Crippen molar-refractivity contribution in [2.45, 2.75) is 17.9 Å². The third kappa shape index (κ3) is 5.38. The van der Waals surface area contributed by atoms with Crippen molar-refractivity contribution >= 4 is 15.9 Å². The molecule has 0 radical (unpaired) electrons. The van der Waals surface area contributed by atoms with Crippen LogP contribution in [0.5, 0.6) is 0 Å². The zero-order valence-corrected chi connectivity index (χ0v) is 20.5. The molecule has 3 aromatic carbocycles. The van der Waals surface area contributed by atoms with E-state index in [1.54, 1.807) is 29.2 Å². The Hall–Kier alpha value is -3.00. The monoisotopic (exact) mass is 477 g/mol. The standard InChI is InChI=1S/C27H31N3O3S/c1-22-13-15-25(16-14-22)34(32,33)28(2)21-26(31)29-17-19-30(20-18-29)27(23-9-5-3-6-10-23)24-11-7-4-8-12-24/h3-16,27H,17-21H2,1-2H3. The number of aryl methyl sites for hydroxylation is 1. The average Bonchev–Trinajstić information content (AvgIpc) is 2.86. The van der Waals surface area contributed by atoms with Crippen LogP contribution in [-0.4, -0.2) is 68.2 Å². The van der Waals surface area contributed by atoms with E-state index in [4.69, 9.17) is 0 Å². The Bertz CT molecular complexity index is 1150. The molecule has 0 saturated carbocycles. The van der Waals surface area contributed by atoms with Crippen molar-refractivity contribution in [2.75, 3.05) is 39.8 Å². The van der Waals surface area contributed by atoms with Crippen LogP contribution in [0, 0.1) is 6.92 Å². The van der Waals surface area contributed by atoms with Gasteiger partial charge >= 0.3 is 0 Å². The maximum atomic E-state index is 13.0. The number of rotatable bonds is 7. The Kier molecular flexibility index (Phi) is 7.46. The number of likely N-dealkylation sites (N-methyl/N-ethyl adjacent to an activating group) is 1. The summed E-state index contributed by atoms with van der Waals surface area (Å²) in [6.07, 6.45) is 0. The third-order valence-electron chi connectivity index (χ3n) is 6.35. The quantitative estimate of drug-likeness (QED) is 0.522. The smallest absolute Gasteiger partial charge is 0.243 e. The van der Waals surface area contributed by atoms with Crippen LogP contribution in [0.2, 0.25) is 0 Å². The van der Waals surface area contributed by atoms with Crippen LogP contribution in [0.1, 0.15) is 22.7 Å². The maximum absolute atomic E-state index is 13.0. The first-order valence-electron chi connectivity index (χ1n) is 11.5. The zero-order valence-electron chi connectivity index (χ0n) is 19.7. The fourth-order valence-corrected chi connectivity index (χ4v) is 5.50. The number of hydrogen-bond acceptors (Lipinski definition) is 4. The van der Waals surface area contributed by atoms with Crippen molar-refractivity contribution in [2.24, 2.45) is 0 Å². The summed E-state index contributed by atoms with van der Waals surface area (Å²) in [5.74, 6) is -0.172. The molecule has 1 amide bonds. The second-order valence-corrected chi connectivity index (χ2v) is 10.8. The highest BCUT2D eigenvalue weighted by Crippen LogP contribution is 2.29. The van der Waals surface area contributed by atoms with Gasteiger partial charge in [0.05, 0.1) is 17.5 Å². The summed E-state index contributed by atoms with van der Waals surface area (Å²) in [4.78, 5) is 17.3. The van der Waals surface area contributed by atoms with Crippen LogP contribution in [-0.2, 0) is 14.8 Å². The van der Waals surface area contributed by atoms with Gasteiger partial charge in [-0.2, -0.15) is 4.31 Å². The van der Waals surface area contributed by atoms with Gasteiger partial charge in [0, 0.05) is 33.2 Å². The van der Waals surface area contributed by atoms with Gasteiger partial charge in [-0.3, -0.25) is 9.69 Å². The molecule has 0 aliphatic carbocycles. The van der Waals surface area contributed by atoms with E-state index in [0.29, 0.717) is 26.2 Å². The van der Waals surface area contributed by atoms with E-state index in [2.05, 4.69) is 53.4 Å². The number of nitrogens with zero attached hydrogens (tertiary/aromatic N) is 3. The van der Waals surface area contributed by atoms with Gasteiger partial charge in [-0.05, 0) is 30.2 Å². The van der Waals surface area contributed by atoms with Crippen molar-refractivity contribution in [1.29, 1.82) is 0 Å². The van der Waals surface area contributed by atoms with Crippen LogP contribution in [0.4, 0.5) is 0 Å². The molecule has 0 unspecified atom stereocenters. The fourth-order valence-electron chi connectivity index (χ4n) is 4.38. The van der Waals surface area contributed by atoms with Gasteiger partial charge in [0.15, 0.2) is 0 Å². The summed E-state index contributed by atoms with van der Waals surface area (Å²) in [7, 11) is -2.25. The number of sulfonamides is 1. The zero-order chi connectivity index (χ0) is 24.1. The average molecular weight is 478 g/mol. The summed E-state index contributed by atoms with van der Waals surface area (Å²) in [6.45, 7) is 4.30. The molecule has 34 heavy (non-hydrogen) atoms. The van der Waals surface area contributed by atoms with E-state index >= 15 is 0 Å². The van der Waals surface area contributed by atoms with Crippen LogP contribution in [0.15, 0.2) is 89.8 Å². The van der Waals surface area contributed by atoms with Gasteiger partial charge in [-0.25, -0.2) is 8.42 Å². The van der Waals surface area contributed by atoms with E-state index in [9.17, 15) is 13.2 Å². The Balaban J connectivity index is 1.41. The summed E-state index contributed by atoms with van der Waals surface area (Å²) in [6, 6.07) is 27.6. The highest BCUT2D eigenvalue weighted by Gasteiger charge is 2.30. The topological polar surface area (TPSA) is 60.9 Å². The predicted octanol–water partition coefficient (Wildman–Crippen LogP) is 3.55. The molecule has 3 aromatic rings. The molecule has 178 valence electrons. The van der Waals surface area contributed by atoms with Crippen LogP contribution in [0.3, 0.4) is 0 Å². The molecule has 0 spiro atoms. The molecule has 7 heteroatoms. The first-order valence-corrected chi connectivity index (χ1v) is 12.9. The first kappa shape index (κ1) is 24.1. The maximum Gasteiger partial charge on any atom is 0.243 e. The lowest BCUT2D eigenvalue weighted by Gasteiger charge is -2.40. The summed E-state index contributed by atoms with van der Waals surface area (Å²) >= 11 is 0. The third-order valence-corrected chi connectivity index (χ3v) is 8.17. The summed E-state index contributed by atoms with van der Waals surface area (Å²) in [5, 5.41) is 0. The summed E-state index contributed by atoms with van der Waals surface area (Å²) in [5.41, 5.74) is 3.43. The molecule has 1 fully saturated rings. The van der Waals surface area contributed by atoms with Crippen molar-refractivity contribution in [1.82, 2.24) is 14.1 Å². The number of piperazine rings is 1. The molecular weight excluding hydrogens is 446 g/mol. The molecule has 1 aliphatic heterocycles. The molecular formula is C27H31N3O3S. The van der Waals surface area contributed by atoms with Crippen molar-refractivity contribution in [3.8, 4) is 0 Å². The SMILES string of the molecule is Cc1ccc(S(=O)(=O)N(C)CC(=O)N2CCN(C(c3ccccc3)c3ccccc3)CC2)cc1. The highest BCUT2D eigenvalue weighted by molar-refractivity contribution is 7.89. The minimum absolute atomic E-state index is 0.115. The number of hydrogen-bond donors (Lipinski definition) is 0.